The van der Waals surface area contributed by atoms with Gasteiger partial charge in [-0.25, -0.2) is 0 Å². The van der Waals surface area contributed by atoms with Crippen molar-refractivity contribution in [2.45, 2.75) is 20.4 Å². The lowest BCUT2D eigenvalue weighted by atomic mass is 10.1. The first kappa shape index (κ1) is 23.4. The Hall–Kier alpha value is -3.99. The number of nitrogens with one attached hydrogen (secondary N) is 1. The van der Waals surface area contributed by atoms with Crippen molar-refractivity contribution in [2.24, 2.45) is 0 Å². The molecule has 1 aromatic heterocycles. The summed E-state index contributed by atoms with van der Waals surface area (Å²) in [6.45, 7) is 10.7. The summed E-state index contributed by atoms with van der Waals surface area (Å²) >= 11 is 0. The number of rotatable bonds is 8. The van der Waals surface area contributed by atoms with E-state index < -0.39 is 0 Å². The first-order valence-electron chi connectivity index (χ1n) is 12.7. The van der Waals surface area contributed by atoms with Crippen LogP contribution < -0.4 is 34.1 Å². The van der Waals surface area contributed by atoms with Gasteiger partial charge in [-0.05, 0) is 43.7 Å². The van der Waals surface area contributed by atoms with Crippen LogP contribution in [0.1, 0.15) is 19.4 Å². The van der Waals surface area contributed by atoms with Crippen molar-refractivity contribution in [1.29, 1.82) is 0 Å². The van der Waals surface area contributed by atoms with Gasteiger partial charge in [0.05, 0.1) is 0 Å². The standard InChI is InChI=1S/C26H31N7O4/c1-3-32(4-2)25-28-24(27-19-6-8-21-23(14-19)37-17-35-21)29-26(30-25)33-11-9-31(10-12-33)15-18-5-7-20-22(13-18)36-16-34-20/h5-8,13-14H,3-4,9-12,15-17H2,1-2H3,(H,27,28,29,30). The molecule has 4 heterocycles. The van der Waals surface area contributed by atoms with Crippen molar-refractivity contribution in [1.82, 2.24) is 19.9 Å². The minimum absolute atomic E-state index is 0.238. The molecule has 3 aliphatic heterocycles. The zero-order chi connectivity index (χ0) is 25.2. The normalized spacial score (nSPS) is 16.2. The van der Waals surface area contributed by atoms with Crippen molar-refractivity contribution >= 4 is 23.5 Å². The van der Waals surface area contributed by atoms with Crippen LogP contribution in [0, 0.1) is 0 Å². The van der Waals surface area contributed by atoms with E-state index in [0.29, 0.717) is 30.4 Å². The first-order chi connectivity index (χ1) is 18.2. The molecule has 1 N–H and O–H groups in total. The van der Waals surface area contributed by atoms with Crippen LogP contribution in [-0.4, -0.2) is 72.7 Å². The summed E-state index contributed by atoms with van der Waals surface area (Å²) in [6, 6.07) is 11.9. The molecule has 11 heteroatoms. The molecule has 11 nitrogen and oxygen atoms in total. The summed E-state index contributed by atoms with van der Waals surface area (Å²) in [6.07, 6.45) is 0. The maximum atomic E-state index is 5.53. The Morgan fingerprint density at radius 2 is 1.46 bits per heavy atom. The number of hydrogen-bond acceptors (Lipinski definition) is 11. The lowest BCUT2D eigenvalue weighted by molar-refractivity contribution is 0.173. The molecule has 2 aromatic carbocycles. The summed E-state index contributed by atoms with van der Waals surface area (Å²) in [5, 5.41) is 3.33. The fraction of sp³-hybridized carbons (Fsp3) is 0.423. The van der Waals surface area contributed by atoms with Crippen LogP contribution in [0.4, 0.5) is 23.5 Å². The first-order valence-corrected chi connectivity index (χ1v) is 12.7. The van der Waals surface area contributed by atoms with Crippen molar-refractivity contribution in [3.63, 3.8) is 0 Å². The summed E-state index contributed by atoms with van der Waals surface area (Å²) in [5.41, 5.74) is 2.05. The lowest BCUT2D eigenvalue weighted by Gasteiger charge is -2.35. The largest absolute Gasteiger partial charge is 0.454 e. The van der Waals surface area contributed by atoms with Crippen LogP contribution in [0.15, 0.2) is 36.4 Å². The van der Waals surface area contributed by atoms with Gasteiger partial charge >= 0.3 is 0 Å². The maximum Gasteiger partial charge on any atom is 0.233 e. The molecule has 37 heavy (non-hydrogen) atoms. The average molecular weight is 506 g/mol. The van der Waals surface area contributed by atoms with Gasteiger partial charge in [-0.1, -0.05) is 6.07 Å². The molecule has 0 amide bonds. The molecule has 0 atom stereocenters. The van der Waals surface area contributed by atoms with Gasteiger partial charge in [-0.15, -0.1) is 0 Å². The van der Waals surface area contributed by atoms with Crippen LogP contribution in [0.25, 0.3) is 0 Å². The molecule has 0 bridgehead atoms. The molecule has 1 saturated heterocycles. The van der Waals surface area contributed by atoms with Crippen LogP contribution in [-0.2, 0) is 6.54 Å². The van der Waals surface area contributed by atoms with E-state index in [2.05, 4.69) is 46.0 Å². The van der Waals surface area contributed by atoms with Crippen molar-refractivity contribution in [3.8, 4) is 23.0 Å². The Labute approximate surface area is 215 Å². The van der Waals surface area contributed by atoms with Crippen LogP contribution >= 0.6 is 0 Å². The van der Waals surface area contributed by atoms with Gasteiger partial charge in [0.25, 0.3) is 0 Å². The van der Waals surface area contributed by atoms with E-state index in [1.165, 1.54) is 5.56 Å². The summed E-state index contributed by atoms with van der Waals surface area (Å²) in [4.78, 5) is 21.2. The van der Waals surface area contributed by atoms with Gasteiger partial charge in [-0.3, -0.25) is 4.90 Å². The van der Waals surface area contributed by atoms with E-state index in [4.69, 9.17) is 33.9 Å². The molecule has 0 saturated carbocycles. The smallest absolute Gasteiger partial charge is 0.233 e. The van der Waals surface area contributed by atoms with Crippen molar-refractivity contribution in [2.75, 3.05) is 68.0 Å². The number of aromatic nitrogens is 3. The van der Waals surface area contributed by atoms with Crippen molar-refractivity contribution < 1.29 is 18.9 Å². The molecule has 194 valence electrons. The monoisotopic (exact) mass is 505 g/mol. The van der Waals surface area contributed by atoms with E-state index in [9.17, 15) is 0 Å². The minimum Gasteiger partial charge on any atom is -0.454 e. The van der Waals surface area contributed by atoms with Gasteiger partial charge < -0.3 is 34.1 Å². The van der Waals surface area contributed by atoms with E-state index >= 15 is 0 Å². The van der Waals surface area contributed by atoms with Gasteiger partial charge in [0, 0.05) is 57.6 Å². The van der Waals surface area contributed by atoms with Crippen LogP contribution in [0.3, 0.4) is 0 Å². The number of fused-ring (bicyclic) bond motifs is 2. The predicted octanol–water partition coefficient (Wildman–Crippen LogP) is 3.24. The zero-order valence-electron chi connectivity index (χ0n) is 21.1. The summed E-state index contributed by atoms with van der Waals surface area (Å²) in [7, 11) is 0. The highest BCUT2D eigenvalue weighted by Gasteiger charge is 2.23. The third kappa shape index (κ3) is 4.99. The second-order valence-corrected chi connectivity index (χ2v) is 9.08. The van der Waals surface area contributed by atoms with Crippen LogP contribution in [0.2, 0.25) is 0 Å². The van der Waals surface area contributed by atoms with Gasteiger partial charge in [0.1, 0.15) is 0 Å². The number of ether oxygens (including phenoxy) is 4. The number of hydrogen-bond donors (Lipinski definition) is 1. The Bertz CT molecular complexity index is 1260. The molecule has 0 radical (unpaired) electrons. The topological polar surface area (TPSA) is 97.3 Å². The molecule has 0 aliphatic carbocycles. The predicted molar refractivity (Wildman–Crippen MR) is 139 cm³/mol. The van der Waals surface area contributed by atoms with Gasteiger partial charge in [0.2, 0.25) is 31.4 Å². The average Bonchev–Trinajstić information content (AvgIpc) is 3.59. The van der Waals surface area contributed by atoms with Gasteiger partial charge in [-0.2, -0.15) is 15.0 Å². The number of benzene rings is 2. The summed E-state index contributed by atoms with van der Waals surface area (Å²) in [5.74, 6) is 4.95. The molecular weight excluding hydrogens is 474 g/mol. The van der Waals surface area contributed by atoms with Gasteiger partial charge in [0.15, 0.2) is 23.0 Å². The highest BCUT2D eigenvalue weighted by atomic mass is 16.7. The second-order valence-electron chi connectivity index (χ2n) is 9.08. The Kier molecular flexibility index (Phi) is 6.44. The third-order valence-corrected chi connectivity index (χ3v) is 6.79. The highest BCUT2D eigenvalue weighted by molar-refractivity contribution is 5.61. The molecule has 3 aromatic rings. The quantitative estimate of drug-likeness (QED) is 0.489. The van der Waals surface area contributed by atoms with Crippen LogP contribution in [0.5, 0.6) is 23.0 Å². The van der Waals surface area contributed by atoms with E-state index in [-0.39, 0.29) is 6.79 Å². The molecule has 0 unspecified atom stereocenters. The summed E-state index contributed by atoms with van der Waals surface area (Å²) < 4.78 is 21.9. The maximum absolute atomic E-state index is 5.53. The highest BCUT2D eigenvalue weighted by Crippen LogP contribution is 2.35. The van der Waals surface area contributed by atoms with E-state index in [0.717, 1.165) is 68.7 Å². The molecule has 1 fully saturated rings. The SMILES string of the molecule is CCN(CC)c1nc(Nc2ccc3c(c2)OCO3)nc(N2CCN(Cc3ccc4c(c3)OCO4)CC2)n1. The van der Waals surface area contributed by atoms with E-state index in [1.54, 1.807) is 0 Å². The number of piperazine rings is 1. The zero-order valence-corrected chi connectivity index (χ0v) is 21.1. The van der Waals surface area contributed by atoms with E-state index in [1.807, 2.05) is 24.3 Å². The lowest BCUT2D eigenvalue weighted by Crippen LogP contribution is -2.46. The molecule has 3 aliphatic rings. The minimum atomic E-state index is 0.238. The Morgan fingerprint density at radius 3 is 2.19 bits per heavy atom. The fourth-order valence-corrected chi connectivity index (χ4v) is 4.71. The fourth-order valence-electron chi connectivity index (χ4n) is 4.71. The number of anilines is 4. The molecular formula is C26H31N7O4. The second kappa shape index (κ2) is 10.2. The number of nitrogens with zero attached hydrogens (tertiary/aromatic N) is 6. The Balaban J connectivity index is 1.17. The molecule has 0 spiro atoms. The Morgan fingerprint density at radius 1 is 0.784 bits per heavy atom. The van der Waals surface area contributed by atoms with Crippen molar-refractivity contribution in [3.05, 3.63) is 42.0 Å². The third-order valence-electron chi connectivity index (χ3n) is 6.79. The molecule has 6 rings (SSSR count).